The van der Waals surface area contributed by atoms with E-state index in [4.69, 9.17) is 4.74 Å². The topological polar surface area (TPSA) is 87.7 Å². The minimum absolute atomic E-state index is 0.0265. The Bertz CT molecular complexity index is 335. The summed E-state index contributed by atoms with van der Waals surface area (Å²) in [6.45, 7) is 7.47. The highest BCUT2D eigenvalue weighted by atomic mass is 16.5. The molecule has 1 aliphatic rings. The first kappa shape index (κ1) is 16.9. The predicted molar refractivity (Wildman–Crippen MR) is 75.4 cm³/mol. The van der Waals surface area contributed by atoms with E-state index >= 15 is 0 Å². The van der Waals surface area contributed by atoms with E-state index in [9.17, 15) is 14.7 Å². The molecule has 1 fully saturated rings. The Morgan fingerprint density at radius 2 is 2.05 bits per heavy atom. The largest absolute Gasteiger partial charge is 0.480 e. The summed E-state index contributed by atoms with van der Waals surface area (Å²) in [5.41, 5.74) is 0. The second-order valence-corrected chi connectivity index (χ2v) is 5.41. The van der Waals surface area contributed by atoms with Crippen LogP contribution in [0.2, 0.25) is 0 Å². The van der Waals surface area contributed by atoms with Crippen LogP contribution in [0.5, 0.6) is 0 Å². The van der Waals surface area contributed by atoms with Crippen LogP contribution in [0, 0.1) is 11.8 Å². The Balaban J connectivity index is 2.61. The quantitative estimate of drug-likeness (QED) is 0.609. The van der Waals surface area contributed by atoms with Crippen LogP contribution in [0.25, 0.3) is 0 Å². The molecule has 1 rings (SSSR count). The molecule has 0 aromatic rings. The highest BCUT2D eigenvalue weighted by Crippen LogP contribution is 2.16. The molecule has 0 aliphatic carbocycles. The van der Waals surface area contributed by atoms with Crippen molar-refractivity contribution in [2.75, 3.05) is 19.8 Å². The third-order valence-corrected chi connectivity index (χ3v) is 3.85. The lowest BCUT2D eigenvalue weighted by Crippen LogP contribution is -2.51. The number of nitrogens with one attached hydrogen (secondary N) is 2. The van der Waals surface area contributed by atoms with Crippen LogP contribution in [-0.2, 0) is 14.3 Å². The fourth-order valence-corrected chi connectivity index (χ4v) is 2.29. The molecule has 20 heavy (non-hydrogen) atoms. The molecule has 0 aromatic heterocycles. The molecule has 0 aromatic carbocycles. The third kappa shape index (κ3) is 4.45. The molecule has 1 aliphatic heterocycles. The summed E-state index contributed by atoms with van der Waals surface area (Å²) in [6, 6.07) is -0.860. The first-order chi connectivity index (χ1) is 9.51. The highest BCUT2D eigenvalue weighted by Gasteiger charge is 2.36. The summed E-state index contributed by atoms with van der Waals surface area (Å²) >= 11 is 0. The molecular formula is C14H26N2O4. The first-order valence-corrected chi connectivity index (χ1v) is 7.35. The number of hydrogen-bond donors (Lipinski definition) is 3. The molecule has 116 valence electrons. The number of carbonyl (C=O) groups is 2. The number of carbonyl (C=O) groups excluding carboxylic acids is 1. The molecule has 0 bridgehead atoms. The van der Waals surface area contributed by atoms with Gasteiger partial charge in [0.05, 0.1) is 19.1 Å². The van der Waals surface area contributed by atoms with Crippen LogP contribution in [0.4, 0.5) is 0 Å². The molecular weight excluding hydrogens is 260 g/mol. The van der Waals surface area contributed by atoms with Gasteiger partial charge in [0.1, 0.15) is 6.04 Å². The van der Waals surface area contributed by atoms with Gasteiger partial charge in [0.2, 0.25) is 5.91 Å². The van der Waals surface area contributed by atoms with Crippen molar-refractivity contribution >= 4 is 11.9 Å². The Morgan fingerprint density at radius 3 is 2.60 bits per heavy atom. The monoisotopic (exact) mass is 286 g/mol. The summed E-state index contributed by atoms with van der Waals surface area (Å²) < 4.78 is 5.35. The maximum atomic E-state index is 12.3. The summed E-state index contributed by atoms with van der Waals surface area (Å²) in [4.78, 5) is 23.5. The van der Waals surface area contributed by atoms with Crippen LogP contribution >= 0.6 is 0 Å². The number of carboxylic acid groups (broad SMARTS) is 1. The average Bonchev–Trinajstić information content (AvgIpc) is 2.89. The molecule has 0 saturated carbocycles. The second kappa shape index (κ2) is 8.21. The normalized spacial score (nSPS) is 25.1. The maximum Gasteiger partial charge on any atom is 0.326 e. The van der Waals surface area contributed by atoms with E-state index in [1.165, 1.54) is 0 Å². The Labute approximate surface area is 120 Å². The third-order valence-electron chi connectivity index (χ3n) is 3.85. The molecule has 6 nitrogen and oxygen atoms in total. The van der Waals surface area contributed by atoms with E-state index in [1.807, 2.05) is 13.8 Å². The number of amides is 1. The Morgan fingerprint density at radius 1 is 1.35 bits per heavy atom. The minimum Gasteiger partial charge on any atom is -0.480 e. The lowest BCUT2D eigenvalue weighted by molar-refractivity contribution is -0.144. The summed E-state index contributed by atoms with van der Waals surface area (Å²) in [7, 11) is 0. The van der Waals surface area contributed by atoms with E-state index in [2.05, 4.69) is 17.6 Å². The molecule has 3 N–H and O–H groups in total. The van der Waals surface area contributed by atoms with Gasteiger partial charge >= 0.3 is 5.97 Å². The van der Waals surface area contributed by atoms with Crippen LogP contribution in [0.1, 0.15) is 33.6 Å². The molecule has 0 radical (unpaired) electrons. The van der Waals surface area contributed by atoms with Crippen molar-refractivity contribution in [2.45, 2.75) is 45.7 Å². The van der Waals surface area contributed by atoms with Crippen molar-refractivity contribution in [3.05, 3.63) is 0 Å². The zero-order chi connectivity index (χ0) is 15.1. The van der Waals surface area contributed by atoms with Crippen molar-refractivity contribution < 1.29 is 19.4 Å². The first-order valence-electron chi connectivity index (χ1n) is 7.35. The maximum absolute atomic E-state index is 12.3. The van der Waals surface area contributed by atoms with Gasteiger partial charge in [0, 0.05) is 6.04 Å². The average molecular weight is 286 g/mol. The van der Waals surface area contributed by atoms with Gasteiger partial charge in [-0.2, -0.15) is 0 Å². The van der Waals surface area contributed by atoms with E-state index < -0.39 is 12.0 Å². The van der Waals surface area contributed by atoms with Gasteiger partial charge in [-0.3, -0.25) is 4.79 Å². The van der Waals surface area contributed by atoms with Gasteiger partial charge in [-0.1, -0.05) is 27.2 Å². The molecule has 1 saturated heterocycles. The summed E-state index contributed by atoms with van der Waals surface area (Å²) in [6.07, 6.45) is 1.69. The van der Waals surface area contributed by atoms with Crippen LogP contribution in [0.3, 0.4) is 0 Å². The standard InChI is InChI=1S/C14H26N2O4/c1-4-6-15-11-8-20-7-10(11)13(17)16-12(14(18)19)9(3)5-2/h9-12,15H,4-8H2,1-3H3,(H,16,17)(H,18,19). The summed E-state index contributed by atoms with van der Waals surface area (Å²) in [5, 5.41) is 15.1. The van der Waals surface area contributed by atoms with E-state index in [-0.39, 0.29) is 23.8 Å². The molecule has 6 heteroatoms. The van der Waals surface area contributed by atoms with Crippen molar-refractivity contribution in [2.24, 2.45) is 11.8 Å². The fraction of sp³-hybridized carbons (Fsp3) is 0.857. The second-order valence-electron chi connectivity index (χ2n) is 5.41. The van der Waals surface area contributed by atoms with Crippen molar-refractivity contribution in [3.8, 4) is 0 Å². The van der Waals surface area contributed by atoms with Crippen molar-refractivity contribution in [3.63, 3.8) is 0 Å². The van der Waals surface area contributed by atoms with Gasteiger partial charge in [-0.15, -0.1) is 0 Å². The van der Waals surface area contributed by atoms with Gasteiger partial charge in [0.25, 0.3) is 0 Å². The number of aliphatic carboxylic acids is 1. The van der Waals surface area contributed by atoms with Gasteiger partial charge in [-0.25, -0.2) is 4.79 Å². The van der Waals surface area contributed by atoms with Crippen molar-refractivity contribution in [1.29, 1.82) is 0 Å². The SMILES string of the molecule is CCCNC1COCC1C(=O)NC(C(=O)O)C(C)CC. The van der Waals surface area contributed by atoms with Gasteiger partial charge in [-0.05, 0) is 18.9 Å². The van der Waals surface area contributed by atoms with E-state index in [1.54, 1.807) is 0 Å². The van der Waals surface area contributed by atoms with E-state index in [0.29, 0.717) is 19.6 Å². The van der Waals surface area contributed by atoms with Gasteiger partial charge in [0.15, 0.2) is 0 Å². The number of rotatable bonds is 8. The Hall–Kier alpha value is -1.14. The molecule has 0 spiro atoms. The smallest absolute Gasteiger partial charge is 0.326 e. The zero-order valence-corrected chi connectivity index (χ0v) is 12.5. The molecule has 1 amide bonds. The van der Waals surface area contributed by atoms with Crippen molar-refractivity contribution in [1.82, 2.24) is 10.6 Å². The minimum atomic E-state index is -0.982. The molecule has 1 heterocycles. The predicted octanol–water partition coefficient (Wildman–Crippen LogP) is 0.617. The fourth-order valence-electron chi connectivity index (χ4n) is 2.29. The van der Waals surface area contributed by atoms with Crippen LogP contribution in [-0.4, -0.2) is 48.8 Å². The lowest BCUT2D eigenvalue weighted by Gasteiger charge is -2.24. The summed E-state index contributed by atoms with van der Waals surface area (Å²) in [5.74, 6) is -1.62. The highest BCUT2D eigenvalue weighted by molar-refractivity contribution is 5.85. The van der Waals surface area contributed by atoms with Crippen LogP contribution in [0.15, 0.2) is 0 Å². The molecule has 4 atom stereocenters. The number of ether oxygens (including phenoxy) is 1. The lowest BCUT2D eigenvalue weighted by atomic mass is 9.97. The Kier molecular flexibility index (Phi) is 6.95. The number of carboxylic acids is 1. The van der Waals surface area contributed by atoms with E-state index in [0.717, 1.165) is 13.0 Å². The van der Waals surface area contributed by atoms with Gasteiger partial charge < -0.3 is 20.5 Å². The molecule has 4 unspecified atom stereocenters. The number of hydrogen-bond acceptors (Lipinski definition) is 4. The zero-order valence-electron chi connectivity index (χ0n) is 12.5. The van der Waals surface area contributed by atoms with Crippen LogP contribution < -0.4 is 10.6 Å².